The zero-order valence-electron chi connectivity index (χ0n) is 16.2. The first-order valence-corrected chi connectivity index (χ1v) is 8.52. The Morgan fingerprint density at radius 2 is 1.57 bits per heavy atom. The fourth-order valence-electron chi connectivity index (χ4n) is 3.82. The normalized spacial score (nSPS) is 11.2. The first kappa shape index (κ1) is 17.9. The van der Waals surface area contributed by atoms with Crippen LogP contribution in [-0.2, 0) is 4.74 Å². The lowest BCUT2D eigenvalue weighted by molar-refractivity contribution is 0.0597. The second-order valence-electron chi connectivity index (χ2n) is 6.15. The van der Waals surface area contributed by atoms with Gasteiger partial charge in [0, 0.05) is 28.1 Å². The summed E-state index contributed by atoms with van der Waals surface area (Å²) >= 11 is 0. The average molecular weight is 381 g/mol. The fraction of sp³-hybridized carbons (Fsp3) is 0.238. The molecule has 144 valence electrons. The molecule has 0 amide bonds. The van der Waals surface area contributed by atoms with Crippen molar-refractivity contribution in [3.05, 3.63) is 30.0 Å². The number of benzene rings is 2. The summed E-state index contributed by atoms with van der Waals surface area (Å²) in [5.74, 6) is 1.48. The molecule has 4 rings (SSSR count). The zero-order chi connectivity index (χ0) is 20.0. The van der Waals surface area contributed by atoms with Crippen molar-refractivity contribution in [2.75, 3.05) is 35.5 Å². The van der Waals surface area contributed by atoms with Gasteiger partial charge in [0.15, 0.2) is 11.5 Å². The third kappa shape index (κ3) is 2.22. The van der Waals surface area contributed by atoms with E-state index in [1.165, 1.54) is 14.2 Å². The molecule has 28 heavy (non-hydrogen) atoms. The van der Waals surface area contributed by atoms with Crippen LogP contribution in [0.3, 0.4) is 0 Å². The summed E-state index contributed by atoms with van der Waals surface area (Å²) in [5.41, 5.74) is 3.50. The van der Waals surface area contributed by atoms with E-state index in [0.29, 0.717) is 28.6 Å². The minimum Gasteiger partial charge on any atom is -0.496 e. The van der Waals surface area contributed by atoms with Gasteiger partial charge in [0.05, 0.1) is 41.2 Å². The van der Waals surface area contributed by atoms with Crippen molar-refractivity contribution in [3.63, 3.8) is 0 Å². The van der Waals surface area contributed by atoms with E-state index >= 15 is 0 Å². The van der Waals surface area contributed by atoms with Gasteiger partial charge in [-0.25, -0.2) is 4.79 Å². The number of ether oxygens (including phenoxy) is 5. The Hall–Kier alpha value is -3.48. The van der Waals surface area contributed by atoms with Gasteiger partial charge in [-0.1, -0.05) is 0 Å². The molecule has 0 unspecified atom stereocenters. The van der Waals surface area contributed by atoms with Gasteiger partial charge in [0.1, 0.15) is 11.3 Å². The van der Waals surface area contributed by atoms with Crippen LogP contribution < -0.4 is 18.9 Å². The Balaban J connectivity index is 2.18. The number of pyridine rings is 1. The molecule has 7 nitrogen and oxygen atoms in total. The molecule has 0 fully saturated rings. The number of hydrogen-bond acceptors (Lipinski definition) is 7. The third-order valence-electron chi connectivity index (χ3n) is 4.97. The number of methoxy groups -OCH3 is 5. The first-order chi connectivity index (χ1) is 13.6. The number of aromatic nitrogens is 1. The summed E-state index contributed by atoms with van der Waals surface area (Å²) in [7, 11) is 7.56. The quantitative estimate of drug-likeness (QED) is 0.488. The van der Waals surface area contributed by atoms with Crippen molar-refractivity contribution in [3.8, 4) is 45.4 Å². The summed E-state index contributed by atoms with van der Waals surface area (Å²) in [6.07, 6.45) is 1.71. The second kappa shape index (κ2) is 6.60. The van der Waals surface area contributed by atoms with Gasteiger partial charge in [-0.15, -0.1) is 0 Å². The second-order valence-corrected chi connectivity index (χ2v) is 6.15. The largest absolute Gasteiger partial charge is 0.496 e. The monoisotopic (exact) mass is 381 g/mol. The molecule has 0 N–H and O–H groups in total. The van der Waals surface area contributed by atoms with Gasteiger partial charge in [-0.3, -0.25) is 4.98 Å². The van der Waals surface area contributed by atoms with E-state index in [1.54, 1.807) is 39.7 Å². The van der Waals surface area contributed by atoms with Crippen LogP contribution in [0.25, 0.3) is 33.2 Å². The molecule has 0 atom stereocenters. The van der Waals surface area contributed by atoms with Crippen molar-refractivity contribution in [1.82, 2.24) is 4.98 Å². The molecular formula is C21H19NO6. The first-order valence-electron chi connectivity index (χ1n) is 8.52. The molecule has 1 aliphatic carbocycles. The van der Waals surface area contributed by atoms with Crippen LogP contribution in [0.4, 0.5) is 0 Å². The van der Waals surface area contributed by atoms with E-state index in [9.17, 15) is 4.79 Å². The number of carbonyl (C=O) groups is 1. The molecule has 0 bridgehead atoms. The van der Waals surface area contributed by atoms with Crippen molar-refractivity contribution in [1.29, 1.82) is 0 Å². The highest BCUT2D eigenvalue weighted by Crippen LogP contribution is 2.58. The van der Waals surface area contributed by atoms with Crippen LogP contribution in [0.1, 0.15) is 10.4 Å². The number of rotatable bonds is 5. The number of nitrogens with zero attached hydrogens (tertiary/aromatic N) is 1. The Kier molecular flexibility index (Phi) is 4.22. The summed E-state index contributed by atoms with van der Waals surface area (Å²) < 4.78 is 27.3. The highest BCUT2D eigenvalue weighted by molar-refractivity contribution is 6.19. The van der Waals surface area contributed by atoms with Crippen LogP contribution in [0, 0.1) is 0 Å². The molecule has 0 saturated carbocycles. The summed E-state index contributed by atoms with van der Waals surface area (Å²) in [4.78, 5) is 16.9. The van der Waals surface area contributed by atoms with Gasteiger partial charge < -0.3 is 23.7 Å². The Bertz CT molecular complexity index is 1120. The van der Waals surface area contributed by atoms with Crippen LogP contribution >= 0.6 is 0 Å². The summed E-state index contributed by atoms with van der Waals surface area (Å²) in [6.45, 7) is 0. The SMILES string of the molecule is COC(=O)c1cc2c(cc1OC)-c1nccc3c(OC)c(OC)c(OC)c-2c13. The average Bonchev–Trinajstić information content (AvgIpc) is 3.06. The molecule has 7 heteroatoms. The van der Waals surface area contributed by atoms with Crippen LogP contribution in [0.5, 0.6) is 23.0 Å². The van der Waals surface area contributed by atoms with E-state index in [1.807, 2.05) is 6.07 Å². The number of hydrogen-bond donors (Lipinski definition) is 0. The predicted molar refractivity (Wildman–Crippen MR) is 104 cm³/mol. The summed E-state index contributed by atoms with van der Waals surface area (Å²) in [5, 5.41) is 1.71. The van der Waals surface area contributed by atoms with E-state index in [2.05, 4.69) is 4.98 Å². The van der Waals surface area contributed by atoms with E-state index in [-0.39, 0.29) is 0 Å². The fourth-order valence-corrected chi connectivity index (χ4v) is 3.82. The zero-order valence-corrected chi connectivity index (χ0v) is 16.2. The predicted octanol–water partition coefficient (Wildman–Crippen LogP) is 3.70. The smallest absolute Gasteiger partial charge is 0.341 e. The molecule has 0 spiro atoms. The molecule has 3 aromatic rings. The number of carbonyl (C=O) groups excluding carboxylic acids is 1. The highest BCUT2D eigenvalue weighted by Gasteiger charge is 2.33. The maximum absolute atomic E-state index is 12.3. The van der Waals surface area contributed by atoms with Crippen molar-refractivity contribution in [2.45, 2.75) is 0 Å². The number of esters is 1. The topological polar surface area (TPSA) is 76.1 Å². The summed E-state index contributed by atoms with van der Waals surface area (Å²) in [6, 6.07) is 5.40. The molecular weight excluding hydrogens is 362 g/mol. The standard InChI is InChI=1S/C21H19NO6/c1-24-14-9-12-11(8-13(14)21(23)28-5)16-15-10(6-7-22-17(12)15)18(25-2)20(27-4)19(16)26-3/h6-9H,1-5H3. The van der Waals surface area contributed by atoms with Gasteiger partial charge >= 0.3 is 5.97 Å². The third-order valence-corrected chi connectivity index (χ3v) is 4.97. The molecule has 0 radical (unpaired) electrons. The Morgan fingerprint density at radius 3 is 2.18 bits per heavy atom. The lowest BCUT2D eigenvalue weighted by Crippen LogP contribution is -2.05. The molecule has 1 aliphatic rings. The molecule has 2 aromatic carbocycles. The molecule has 0 saturated heterocycles. The van der Waals surface area contributed by atoms with Gasteiger partial charge in [0.2, 0.25) is 5.75 Å². The van der Waals surface area contributed by atoms with Crippen LogP contribution in [0.2, 0.25) is 0 Å². The van der Waals surface area contributed by atoms with Gasteiger partial charge in [0.25, 0.3) is 0 Å². The van der Waals surface area contributed by atoms with Gasteiger partial charge in [-0.2, -0.15) is 0 Å². The van der Waals surface area contributed by atoms with Crippen molar-refractivity contribution in [2.24, 2.45) is 0 Å². The lowest BCUT2D eigenvalue weighted by Gasteiger charge is -2.17. The Morgan fingerprint density at radius 1 is 0.857 bits per heavy atom. The lowest BCUT2D eigenvalue weighted by atomic mass is 9.99. The molecule has 0 aliphatic heterocycles. The maximum Gasteiger partial charge on any atom is 0.341 e. The maximum atomic E-state index is 12.3. The van der Waals surface area contributed by atoms with Gasteiger partial charge in [-0.05, 0) is 23.8 Å². The molecule has 1 heterocycles. The minimum atomic E-state index is -0.487. The number of fused-ring (bicyclic) bond motifs is 3. The van der Waals surface area contributed by atoms with Crippen molar-refractivity contribution < 1.29 is 28.5 Å². The van der Waals surface area contributed by atoms with Crippen LogP contribution in [-0.4, -0.2) is 46.5 Å². The van der Waals surface area contributed by atoms with E-state index in [4.69, 9.17) is 23.7 Å². The molecule has 1 aromatic heterocycles. The minimum absolute atomic E-state index is 0.321. The Labute approximate surface area is 161 Å². The van der Waals surface area contributed by atoms with Crippen molar-refractivity contribution >= 4 is 16.7 Å². The van der Waals surface area contributed by atoms with Crippen LogP contribution in [0.15, 0.2) is 24.4 Å². The highest BCUT2D eigenvalue weighted by atomic mass is 16.5. The van der Waals surface area contributed by atoms with E-state index in [0.717, 1.165) is 33.2 Å². The van der Waals surface area contributed by atoms with E-state index < -0.39 is 5.97 Å².